The van der Waals surface area contributed by atoms with E-state index in [0.717, 1.165) is 77.0 Å². The predicted molar refractivity (Wildman–Crippen MR) is 302 cm³/mol. The number of nitrogens with one attached hydrogen (secondary N) is 1. The van der Waals surface area contributed by atoms with Gasteiger partial charge in [0.1, 0.15) is 13.2 Å². The Bertz CT molecular complexity index is 1370. The van der Waals surface area contributed by atoms with Gasteiger partial charge in [0.25, 0.3) is 7.82 Å². The number of hydrogen-bond acceptors (Lipinski definition) is 6. The van der Waals surface area contributed by atoms with Gasteiger partial charge in [-0.25, -0.2) is 0 Å². The highest BCUT2D eigenvalue weighted by Gasteiger charge is 2.23. The van der Waals surface area contributed by atoms with E-state index in [1.54, 1.807) is 6.08 Å². The van der Waals surface area contributed by atoms with Crippen LogP contribution in [0, 0.1) is 0 Å². The molecule has 0 rings (SSSR count). The van der Waals surface area contributed by atoms with Gasteiger partial charge in [0.05, 0.1) is 39.9 Å². The van der Waals surface area contributed by atoms with Gasteiger partial charge in [-0.1, -0.05) is 254 Å². The summed E-state index contributed by atoms with van der Waals surface area (Å²) in [7, 11) is 1.23. The van der Waals surface area contributed by atoms with E-state index in [1.807, 2.05) is 27.2 Å². The topological polar surface area (TPSA) is 108 Å². The normalized spacial score (nSPS) is 14.4. The molecule has 9 heteroatoms. The average molecular weight is 1000 g/mol. The highest BCUT2D eigenvalue weighted by molar-refractivity contribution is 7.45. The van der Waals surface area contributed by atoms with Gasteiger partial charge >= 0.3 is 0 Å². The lowest BCUT2D eigenvalue weighted by molar-refractivity contribution is -0.870. The smallest absolute Gasteiger partial charge is 0.268 e. The first-order valence-corrected chi connectivity index (χ1v) is 30.8. The van der Waals surface area contributed by atoms with Crippen molar-refractivity contribution in [3.63, 3.8) is 0 Å². The number of rotatable bonds is 53. The fraction of sp³-hybridized carbons (Fsp3) is 0.787. The van der Waals surface area contributed by atoms with E-state index >= 15 is 0 Å². The molecule has 0 aliphatic heterocycles. The molecule has 0 fully saturated rings. The molecule has 0 bridgehead atoms. The van der Waals surface area contributed by atoms with Crippen LogP contribution in [0.3, 0.4) is 0 Å². The molecule has 408 valence electrons. The zero-order valence-electron chi connectivity index (χ0n) is 46.5. The fourth-order valence-corrected chi connectivity index (χ4v) is 9.06. The van der Waals surface area contributed by atoms with E-state index in [0.29, 0.717) is 17.4 Å². The zero-order chi connectivity index (χ0) is 51.3. The summed E-state index contributed by atoms with van der Waals surface area (Å²) in [5, 5.41) is 13.9. The first-order chi connectivity index (χ1) is 34.0. The summed E-state index contributed by atoms with van der Waals surface area (Å²) < 4.78 is 23.3. The maximum absolute atomic E-state index is 13.0. The largest absolute Gasteiger partial charge is 0.756 e. The number of likely N-dealkylation sites (N-methyl/N-ethyl adjacent to an activating group) is 1. The predicted octanol–water partition coefficient (Wildman–Crippen LogP) is 17.2. The van der Waals surface area contributed by atoms with Gasteiger partial charge in [0.2, 0.25) is 5.91 Å². The van der Waals surface area contributed by atoms with Crippen LogP contribution in [-0.4, -0.2) is 68.5 Å². The molecule has 0 aromatic rings. The third-order valence-electron chi connectivity index (χ3n) is 12.9. The Morgan fingerprint density at radius 2 is 0.886 bits per heavy atom. The van der Waals surface area contributed by atoms with E-state index in [4.69, 9.17) is 9.05 Å². The minimum atomic E-state index is -4.61. The van der Waals surface area contributed by atoms with Gasteiger partial charge in [-0.2, -0.15) is 0 Å². The van der Waals surface area contributed by atoms with Gasteiger partial charge in [-0.3, -0.25) is 9.36 Å². The lowest BCUT2D eigenvalue weighted by atomic mass is 10.0. The second-order valence-electron chi connectivity index (χ2n) is 21.0. The average Bonchev–Trinajstić information content (AvgIpc) is 3.32. The molecule has 0 aromatic heterocycles. The molecule has 0 spiro atoms. The van der Waals surface area contributed by atoms with Crippen LogP contribution in [0.15, 0.2) is 72.9 Å². The zero-order valence-corrected chi connectivity index (χ0v) is 47.4. The standard InChI is InChI=1S/C61H113N2O6P/c1-6-8-10-12-14-16-18-20-22-24-26-28-29-30-31-32-33-35-36-38-40-42-44-46-48-50-52-54-60(64)59(58-69-70(66,67)68-57-56-63(3,4)5)62-61(65)55-53-51-49-47-45-43-41-39-37-34-27-25-23-21-19-17-15-13-11-9-7-2/h9,11,15,17,21,23,27,34,44,46,52,54,59-60,64H,6-8,10,12-14,16,18-20,22,24-26,28-33,35-43,45,47-51,53,55-58H2,1-5H3,(H-,62,65,66,67)/b11-9-,17-15-,23-21-,34-27-,46-44+,54-52+. The molecular weight excluding hydrogens is 888 g/mol. The van der Waals surface area contributed by atoms with Crippen molar-refractivity contribution in [2.75, 3.05) is 40.9 Å². The lowest BCUT2D eigenvalue weighted by Gasteiger charge is -2.29. The monoisotopic (exact) mass is 1000 g/mol. The van der Waals surface area contributed by atoms with E-state index < -0.39 is 26.6 Å². The number of quaternary nitrogens is 1. The van der Waals surface area contributed by atoms with E-state index in [1.165, 1.54) is 161 Å². The van der Waals surface area contributed by atoms with Crippen molar-refractivity contribution in [1.29, 1.82) is 0 Å². The molecule has 0 saturated heterocycles. The molecule has 0 aliphatic rings. The Labute approximate surface area is 434 Å². The van der Waals surface area contributed by atoms with Crippen LogP contribution in [0.2, 0.25) is 0 Å². The number of allylic oxidation sites excluding steroid dienone is 11. The molecule has 0 radical (unpaired) electrons. The lowest BCUT2D eigenvalue weighted by Crippen LogP contribution is -2.45. The summed E-state index contributed by atoms with van der Waals surface area (Å²) in [4.78, 5) is 25.5. The Hall–Kier alpha value is -2.06. The van der Waals surface area contributed by atoms with E-state index in [-0.39, 0.29) is 12.5 Å². The summed E-state index contributed by atoms with van der Waals surface area (Å²) in [6.45, 7) is 4.53. The molecule has 3 unspecified atom stereocenters. The number of carbonyl (C=O) groups is 1. The third-order valence-corrected chi connectivity index (χ3v) is 13.9. The van der Waals surface area contributed by atoms with Crippen molar-refractivity contribution < 1.29 is 32.9 Å². The summed E-state index contributed by atoms with van der Waals surface area (Å²) >= 11 is 0. The summed E-state index contributed by atoms with van der Waals surface area (Å²) in [6.07, 6.45) is 71.3. The first-order valence-electron chi connectivity index (χ1n) is 29.3. The van der Waals surface area contributed by atoms with Crippen molar-refractivity contribution in [2.45, 2.75) is 270 Å². The van der Waals surface area contributed by atoms with Crippen LogP contribution in [0.4, 0.5) is 0 Å². The van der Waals surface area contributed by atoms with Gasteiger partial charge < -0.3 is 28.8 Å². The Kier molecular flexibility index (Phi) is 50.3. The minimum Gasteiger partial charge on any atom is -0.756 e. The summed E-state index contributed by atoms with van der Waals surface area (Å²) in [5.41, 5.74) is 0. The second-order valence-corrected chi connectivity index (χ2v) is 22.4. The second kappa shape index (κ2) is 51.8. The molecule has 3 atom stereocenters. The fourth-order valence-electron chi connectivity index (χ4n) is 8.34. The number of amides is 1. The first kappa shape index (κ1) is 67.9. The molecule has 0 heterocycles. The Morgan fingerprint density at radius 1 is 0.514 bits per heavy atom. The van der Waals surface area contributed by atoms with Crippen molar-refractivity contribution in [3.8, 4) is 0 Å². The van der Waals surface area contributed by atoms with Crippen LogP contribution < -0.4 is 10.2 Å². The van der Waals surface area contributed by atoms with Crippen LogP contribution in [0.5, 0.6) is 0 Å². The van der Waals surface area contributed by atoms with Crippen molar-refractivity contribution in [1.82, 2.24) is 5.32 Å². The molecule has 2 N–H and O–H groups in total. The van der Waals surface area contributed by atoms with Crippen LogP contribution in [0.25, 0.3) is 0 Å². The van der Waals surface area contributed by atoms with Gasteiger partial charge in [0.15, 0.2) is 0 Å². The van der Waals surface area contributed by atoms with Crippen LogP contribution >= 0.6 is 7.82 Å². The van der Waals surface area contributed by atoms with Crippen molar-refractivity contribution in [2.24, 2.45) is 0 Å². The molecule has 8 nitrogen and oxygen atoms in total. The third kappa shape index (κ3) is 53.7. The maximum Gasteiger partial charge on any atom is 0.268 e. The SMILES string of the molecule is CC/C=C\C/C=C\C/C=C\C/C=C\CCCCCCCCCCC(=O)NC(COP(=O)([O-])OCC[N+](C)(C)C)C(O)/C=C/CC/C=C/CCCCCCCCCCCCCCCCCCCCCCC. The quantitative estimate of drug-likeness (QED) is 0.0272. The number of carbonyl (C=O) groups excluding carboxylic acids is 1. The number of unbranched alkanes of at least 4 members (excludes halogenated alkanes) is 30. The highest BCUT2D eigenvalue weighted by atomic mass is 31.2. The molecule has 70 heavy (non-hydrogen) atoms. The van der Waals surface area contributed by atoms with Gasteiger partial charge in [-0.05, 0) is 70.6 Å². The Balaban J connectivity index is 4.26. The molecule has 0 aromatic carbocycles. The summed E-state index contributed by atoms with van der Waals surface area (Å²) in [5.74, 6) is -0.216. The number of hydrogen-bond donors (Lipinski definition) is 2. The number of aliphatic hydroxyl groups is 1. The minimum absolute atomic E-state index is 0.0110. The van der Waals surface area contributed by atoms with Crippen LogP contribution in [0.1, 0.15) is 258 Å². The number of aliphatic hydroxyl groups excluding tert-OH is 1. The molecule has 0 saturated carbocycles. The number of nitrogens with zero attached hydrogens (tertiary/aromatic N) is 1. The van der Waals surface area contributed by atoms with E-state index in [2.05, 4.69) is 79.9 Å². The van der Waals surface area contributed by atoms with Gasteiger partial charge in [-0.15, -0.1) is 0 Å². The summed E-state index contributed by atoms with van der Waals surface area (Å²) in [6, 6.07) is -0.913. The van der Waals surface area contributed by atoms with Gasteiger partial charge in [0, 0.05) is 6.42 Å². The van der Waals surface area contributed by atoms with Crippen molar-refractivity contribution in [3.05, 3.63) is 72.9 Å². The van der Waals surface area contributed by atoms with E-state index in [9.17, 15) is 19.4 Å². The maximum atomic E-state index is 13.0. The molecular formula is C61H113N2O6P. The van der Waals surface area contributed by atoms with Crippen LogP contribution in [-0.2, 0) is 18.4 Å². The highest BCUT2D eigenvalue weighted by Crippen LogP contribution is 2.38. The Morgan fingerprint density at radius 3 is 1.33 bits per heavy atom. The number of phosphoric ester groups is 1. The van der Waals surface area contributed by atoms with Crippen molar-refractivity contribution >= 4 is 13.7 Å². The number of phosphoric acid groups is 1. The molecule has 1 amide bonds. The molecule has 0 aliphatic carbocycles.